The van der Waals surface area contributed by atoms with Gasteiger partial charge in [0, 0.05) is 21.7 Å². The van der Waals surface area contributed by atoms with Crippen LogP contribution in [-0.4, -0.2) is 28.7 Å². The highest BCUT2D eigenvalue weighted by Gasteiger charge is 2.32. The van der Waals surface area contributed by atoms with E-state index in [2.05, 4.69) is 0 Å². The fourth-order valence-corrected chi connectivity index (χ4v) is 4.07. The normalized spacial score (nSPS) is 12.4. The van der Waals surface area contributed by atoms with Crippen molar-refractivity contribution in [1.82, 2.24) is 4.57 Å². The first-order valence-corrected chi connectivity index (χ1v) is 9.84. The maximum absolute atomic E-state index is 13.3. The van der Waals surface area contributed by atoms with Crippen LogP contribution in [0.25, 0.3) is 10.9 Å². The van der Waals surface area contributed by atoms with Gasteiger partial charge in [-0.2, -0.15) is 0 Å². The number of benzene rings is 2. The van der Waals surface area contributed by atoms with Gasteiger partial charge in [-0.15, -0.1) is 0 Å². The second-order valence-corrected chi connectivity index (χ2v) is 8.05. The Bertz CT molecular complexity index is 1100. The molecule has 1 N–H and O–H groups in total. The van der Waals surface area contributed by atoms with Crippen molar-refractivity contribution in [2.45, 2.75) is 26.7 Å². The maximum atomic E-state index is 13.3. The minimum Gasteiger partial charge on any atom is -0.495 e. The van der Waals surface area contributed by atoms with Crippen molar-refractivity contribution in [3.8, 4) is 5.75 Å². The number of carboxylic acids is 1. The van der Waals surface area contributed by atoms with Gasteiger partial charge in [0.2, 0.25) is 0 Å². The Morgan fingerprint density at radius 2 is 1.72 bits per heavy atom. The first kappa shape index (κ1) is 21.2. The van der Waals surface area contributed by atoms with Crippen LogP contribution in [0.5, 0.6) is 5.75 Å². The summed E-state index contributed by atoms with van der Waals surface area (Å²) in [6.07, 6.45) is 0. The summed E-state index contributed by atoms with van der Waals surface area (Å²) in [4.78, 5) is 25.4. The average molecular weight is 434 g/mol. The third-order valence-corrected chi connectivity index (χ3v) is 5.61. The van der Waals surface area contributed by atoms with E-state index in [0.717, 1.165) is 0 Å². The number of aromatic nitrogens is 1. The Balaban J connectivity index is 2.37. The molecule has 1 aromatic heterocycles. The van der Waals surface area contributed by atoms with E-state index in [1.807, 2.05) is 13.8 Å². The van der Waals surface area contributed by atoms with Crippen LogP contribution in [0.3, 0.4) is 0 Å². The molecule has 0 amide bonds. The number of fused-ring (bicyclic) bond motifs is 1. The molecule has 0 aliphatic heterocycles. The van der Waals surface area contributed by atoms with Gasteiger partial charge in [0.05, 0.1) is 23.6 Å². The lowest BCUT2D eigenvalue weighted by Crippen LogP contribution is -2.19. The van der Waals surface area contributed by atoms with E-state index in [9.17, 15) is 14.7 Å². The number of rotatable bonds is 5. The number of methoxy groups -OCH3 is 1. The molecular weight excluding hydrogens is 413 g/mol. The molecule has 29 heavy (non-hydrogen) atoms. The summed E-state index contributed by atoms with van der Waals surface area (Å²) in [6.45, 7) is 5.44. The number of carbonyl (C=O) groups excluding carboxylic acids is 1. The predicted molar refractivity (Wildman–Crippen MR) is 115 cm³/mol. The van der Waals surface area contributed by atoms with Crippen LogP contribution in [0, 0.1) is 12.8 Å². The average Bonchev–Trinajstić information content (AvgIpc) is 2.92. The highest BCUT2D eigenvalue weighted by Crippen LogP contribution is 2.40. The van der Waals surface area contributed by atoms with E-state index in [-0.39, 0.29) is 11.8 Å². The molecule has 5 nitrogen and oxygen atoms in total. The molecule has 3 aromatic rings. The molecule has 7 heteroatoms. The van der Waals surface area contributed by atoms with Gasteiger partial charge in [0.1, 0.15) is 5.75 Å². The highest BCUT2D eigenvalue weighted by molar-refractivity contribution is 6.33. The van der Waals surface area contributed by atoms with Crippen molar-refractivity contribution < 1.29 is 19.4 Å². The lowest BCUT2D eigenvalue weighted by Gasteiger charge is -2.17. The minimum absolute atomic E-state index is 0.183. The second-order valence-electron chi connectivity index (χ2n) is 7.21. The Kier molecular flexibility index (Phi) is 5.92. The molecule has 0 bridgehead atoms. The van der Waals surface area contributed by atoms with Gasteiger partial charge < -0.3 is 9.84 Å². The first-order valence-electron chi connectivity index (χ1n) is 9.08. The van der Waals surface area contributed by atoms with Crippen molar-refractivity contribution in [2.75, 3.05) is 7.11 Å². The molecule has 1 unspecified atom stereocenters. The monoisotopic (exact) mass is 433 g/mol. The van der Waals surface area contributed by atoms with Crippen LogP contribution in [-0.2, 0) is 4.79 Å². The van der Waals surface area contributed by atoms with Gasteiger partial charge in [-0.3, -0.25) is 14.2 Å². The first-order chi connectivity index (χ1) is 13.7. The van der Waals surface area contributed by atoms with Crippen molar-refractivity contribution in [1.29, 1.82) is 0 Å². The van der Waals surface area contributed by atoms with Crippen LogP contribution in [0.1, 0.15) is 41.4 Å². The number of carbonyl (C=O) groups is 2. The summed E-state index contributed by atoms with van der Waals surface area (Å²) in [5.74, 6) is -1.79. The number of hydrogen-bond acceptors (Lipinski definition) is 3. The summed E-state index contributed by atoms with van der Waals surface area (Å²) in [6, 6.07) is 9.89. The third-order valence-electron chi connectivity index (χ3n) is 5.06. The SMILES string of the molecule is COc1cc2c(C(C(=O)O)C(C)C)c(C)n(C(=O)c3ccc(Cl)cc3)c2cc1Cl. The van der Waals surface area contributed by atoms with Crippen LogP contribution >= 0.6 is 23.2 Å². The van der Waals surface area contributed by atoms with Gasteiger partial charge >= 0.3 is 5.97 Å². The zero-order valence-electron chi connectivity index (χ0n) is 16.5. The summed E-state index contributed by atoms with van der Waals surface area (Å²) >= 11 is 12.3. The standard InChI is InChI=1S/C22H21Cl2NO4/c1-11(2)19(22(27)28)20-12(3)25(21(26)13-5-7-14(23)8-6-13)17-10-16(24)18(29-4)9-15(17)20/h5-11,19H,1-4H3,(H,27,28). The van der Waals surface area contributed by atoms with E-state index < -0.39 is 11.9 Å². The van der Waals surface area contributed by atoms with Gasteiger partial charge in [0.25, 0.3) is 5.91 Å². The van der Waals surface area contributed by atoms with Crippen LogP contribution in [0.4, 0.5) is 0 Å². The molecule has 3 rings (SSSR count). The molecule has 2 aromatic carbocycles. The third kappa shape index (κ3) is 3.72. The molecule has 0 saturated carbocycles. The van der Waals surface area contributed by atoms with Crippen molar-refractivity contribution in [3.05, 3.63) is 63.3 Å². The van der Waals surface area contributed by atoms with E-state index in [1.165, 1.54) is 11.7 Å². The molecule has 0 aliphatic rings. The number of ether oxygens (including phenoxy) is 1. The molecule has 0 fully saturated rings. The zero-order chi connectivity index (χ0) is 21.5. The van der Waals surface area contributed by atoms with Crippen molar-refractivity contribution >= 4 is 46.0 Å². The van der Waals surface area contributed by atoms with Crippen molar-refractivity contribution in [3.63, 3.8) is 0 Å². The van der Waals surface area contributed by atoms with E-state index in [4.69, 9.17) is 27.9 Å². The van der Waals surface area contributed by atoms with E-state index >= 15 is 0 Å². The summed E-state index contributed by atoms with van der Waals surface area (Å²) in [5, 5.41) is 11.4. The molecule has 152 valence electrons. The number of hydrogen-bond donors (Lipinski definition) is 1. The largest absolute Gasteiger partial charge is 0.495 e. The lowest BCUT2D eigenvalue weighted by atomic mass is 9.86. The Labute approximate surface area is 178 Å². The molecule has 0 radical (unpaired) electrons. The molecular formula is C22H21Cl2NO4. The molecule has 1 atom stereocenters. The molecule has 0 aliphatic carbocycles. The number of halogens is 2. The summed E-state index contributed by atoms with van der Waals surface area (Å²) < 4.78 is 6.84. The zero-order valence-corrected chi connectivity index (χ0v) is 18.0. The maximum Gasteiger partial charge on any atom is 0.311 e. The predicted octanol–water partition coefficient (Wildman–Crippen LogP) is 5.78. The topological polar surface area (TPSA) is 68.5 Å². The number of nitrogens with zero attached hydrogens (tertiary/aromatic N) is 1. The summed E-state index contributed by atoms with van der Waals surface area (Å²) in [5.41, 5.74) is 2.12. The van der Waals surface area contributed by atoms with E-state index in [1.54, 1.807) is 43.3 Å². The van der Waals surface area contributed by atoms with Crippen molar-refractivity contribution in [2.24, 2.45) is 5.92 Å². The Hall–Kier alpha value is -2.50. The highest BCUT2D eigenvalue weighted by atomic mass is 35.5. The molecule has 0 spiro atoms. The fourth-order valence-electron chi connectivity index (χ4n) is 3.71. The Morgan fingerprint density at radius 1 is 1.10 bits per heavy atom. The van der Waals surface area contributed by atoms with Gasteiger partial charge in [-0.1, -0.05) is 37.0 Å². The fraction of sp³-hybridized carbons (Fsp3) is 0.273. The van der Waals surface area contributed by atoms with Gasteiger partial charge in [-0.25, -0.2) is 0 Å². The lowest BCUT2D eigenvalue weighted by molar-refractivity contribution is -0.139. The van der Waals surface area contributed by atoms with Crippen LogP contribution in [0.15, 0.2) is 36.4 Å². The van der Waals surface area contributed by atoms with E-state index in [0.29, 0.717) is 43.5 Å². The minimum atomic E-state index is -0.949. The quantitative estimate of drug-likeness (QED) is 0.553. The molecule has 1 heterocycles. The van der Waals surface area contributed by atoms with Gasteiger partial charge in [0.15, 0.2) is 0 Å². The van der Waals surface area contributed by atoms with Crippen LogP contribution in [0.2, 0.25) is 10.0 Å². The molecule has 0 saturated heterocycles. The van der Waals surface area contributed by atoms with Crippen LogP contribution < -0.4 is 4.74 Å². The Morgan fingerprint density at radius 3 is 2.24 bits per heavy atom. The second kappa shape index (κ2) is 8.09. The van der Waals surface area contributed by atoms with Gasteiger partial charge in [-0.05, 0) is 54.8 Å². The number of aliphatic carboxylic acids is 1. The number of carboxylic acid groups (broad SMARTS) is 1. The summed E-state index contributed by atoms with van der Waals surface area (Å²) in [7, 11) is 1.49. The smallest absolute Gasteiger partial charge is 0.311 e.